The fourth-order valence-electron chi connectivity index (χ4n) is 1.89. The highest BCUT2D eigenvalue weighted by atomic mass is 16.6. The highest BCUT2D eigenvalue weighted by Gasteiger charge is 2.45. The molecule has 1 fully saturated rings. The molecule has 0 unspecified atom stereocenters. The summed E-state index contributed by atoms with van der Waals surface area (Å²) in [7, 11) is 0. The summed E-state index contributed by atoms with van der Waals surface area (Å²) in [4.78, 5) is 12.1. The largest absolute Gasteiger partial charge is 0.460 e. The minimum absolute atomic E-state index is 0.0482. The second kappa shape index (κ2) is 5.00. The zero-order valence-electron chi connectivity index (χ0n) is 10.6. The maximum atomic E-state index is 12.1. The van der Waals surface area contributed by atoms with Crippen molar-refractivity contribution in [2.45, 2.75) is 52.1 Å². The van der Waals surface area contributed by atoms with Crippen molar-refractivity contribution in [2.24, 2.45) is 11.1 Å². The number of ether oxygens (including phenoxy) is 1. The van der Waals surface area contributed by atoms with Gasteiger partial charge in [0.25, 0.3) is 0 Å². The smallest absolute Gasteiger partial charge is 0.312 e. The summed E-state index contributed by atoms with van der Waals surface area (Å²) in [5, 5.41) is 0. The first-order valence-electron chi connectivity index (χ1n) is 5.98. The molecule has 0 atom stereocenters. The zero-order valence-corrected chi connectivity index (χ0v) is 10.6. The molecule has 3 nitrogen and oxygen atoms in total. The molecular weight excluding hydrogens is 202 g/mol. The van der Waals surface area contributed by atoms with Gasteiger partial charge in [0, 0.05) is 6.54 Å². The van der Waals surface area contributed by atoms with Gasteiger partial charge in [-0.15, -0.1) is 0 Å². The van der Waals surface area contributed by atoms with Crippen molar-refractivity contribution in [3.05, 3.63) is 12.2 Å². The molecule has 1 aliphatic carbocycles. The number of allylic oxidation sites excluding steroid dienone is 1. The standard InChI is InChI=1S/C13H23NO2/c1-12(2,3)16-11(15)13(8-6-9-13)7-4-5-10-14/h4-5H,6-10,14H2,1-3H3/b5-4+. The molecule has 0 aromatic carbocycles. The van der Waals surface area contributed by atoms with E-state index in [1.54, 1.807) is 0 Å². The third-order valence-electron chi connectivity index (χ3n) is 2.95. The van der Waals surface area contributed by atoms with E-state index in [2.05, 4.69) is 0 Å². The first-order valence-corrected chi connectivity index (χ1v) is 5.98. The molecule has 1 aliphatic rings. The molecule has 3 heteroatoms. The van der Waals surface area contributed by atoms with Crippen LogP contribution < -0.4 is 5.73 Å². The average Bonchev–Trinajstić information content (AvgIpc) is 2.06. The van der Waals surface area contributed by atoms with Crippen LogP contribution in [0.15, 0.2) is 12.2 Å². The lowest BCUT2D eigenvalue weighted by atomic mass is 9.66. The fourth-order valence-corrected chi connectivity index (χ4v) is 1.89. The van der Waals surface area contributed by atoms with Crippen molar-refractivity contribution in [3.8, 4) is 0 Å². The Bertz CT molecular complexity index is 272. The topological polar surface area (TPSA) is 52.3 Å². The Balaban J connectivity index is 2.58. The molecule has 0 aromatic rings. The summed E-state index contributed by atoms with van der Waals surface area (Å²) in [5.74, 6) is -0.0482. The zero-order chi connectivity index (χ0) is 12.2. The number of carbonyl (C=O) groups is 1. The maximum absolute atomic E-state index is 12.1. The summed E-state index contributed by atoms with van der Waals surface area (Å²) < 4.78 is 5.47. The normalized spacial score (nSPS) is 19.5. The molecule has 0 radical (unpaired) electrons. The molecule has 0 heterocycles. The molecule has 0 spiro atoms. The summed E-state index contributed by atoms with van der Waals surface area (Å²) in [6.07, 6.45) is 7.68. The fraction of sp³-hybridized carbons (Fsp3) is 0.769. The Morgan fingerprint density at radius 1 is 1.38 bits per heavy atom. The highest BCUT2D eigenvalue weighted by Crippen LogP contribution is 2.46. The quantitative estimate of drug-likeness (QED) is 0.590. The minimum Gasteiger partial charge on any atom is -0.460 e. The number of carbonyl (C=O) groups excluding carboxylic acids is 1. The van der Waals surface area contributed by atoms with E-state index < -0.39 is 5.60 Å². The predicted octanol–water partition coefficient (Wildman–Crippen LogP) is 2.40. The van der Waals surface area contributed by atoms with Crippen LogP contribution in [0.25, 0.3) is 0 Å². The molecule has 0 amide bonds. The van der Waals surface area contributed by atoms with Gasteiger partial charge in [-0.05, 0) is 40.0 Å². The van der Waals surface area contributed by atoms with Crippen LogP contribution in [0.1, 0.15) is 46.5 Å². The Kier molecular flexibility index (Phi) is 4.14. The average molecular weight is 225 g/mol. The van der Waals surface area contributed by atoms with Crippen LogP contribution in [0, 0.1) is 5.41 Å². The van der Waals surface area contributed by atoms with E-state index >= 15 is 0 Å². The third kappa shape index (κ3) is 3.34. The lowest BCUT2D eigenvalue weighted by Gasteiger charge is -2.40. The van der Waals surface area contributed by atoms with Crippen molar-refractivity contribution < 1.29 is 9.53 Å². The lowest BCUT2D eigenvalue weighted by molar-refractivity contribution is -0.173. The molecule has 0 saturated heterocycles. The summed E-state index contributed by atoms with van der Waals surface area (Å²) in [5.41, 5.74) is 4.74. The Labute approximate surface area is 98.0 Å². The van der Waals surface area contributed by atoms with E-state index in [-0.39, 0.29) is 11.4 Å². The molecule has 0 bridgehead atoms. The van der Waals surface area contributed by atoms with Gasteiger partial charge in [0.2, 0.25) is 0 Å². The van der Waals surface area contributed by atoms with E-state index in [0.717, 1.165) is 25.7 Å². The number of hydrogen-bond acceptors (Lipinski definition) is 3. The van der Waals surface area contributed by atoms with E-state index in [4.69, 9.17) is 10.5 Å². The van der Waals surface area contributed by atoms with Crippen molar-refractivity contribution in [1.82, 2.24) is 0 Å². The van der Waals surface area contributed by atoms with Gasteiger partial charge in [0.15, 0.2) is 0 Å². The van der Waals surface area contributed by atoms with Crippen molar-refractivity contribution in [1.29, 1.82) is 0 Å². The lowest BCUT2D eigenvalue weighted by Crippen LogP contribution is -2.42. The highest BCUT2D eigenvalue weighted by molar-refractivity contribution is 5.78. The van der Waals surface area contributed by atoms with Gasteiger partial charge < -0.3 is 10.5 Å². The predicted molar refractivity (Wildman–Crippen MR) is 64.9 cm³/mol. The van der Waals surface area contributed by atoms with Gasteiger partial charge in [-0.2, -0.15) is 0 Å². The van der Waals surface area contributed by atoms with Crippen LogP contribution in [0.4, 0.5) is 0 Å². The Hall–Kier alpha value is -0.830. The number of esters is 1. The molecule has 92 valence electrons. The third-order valence-corrected chi connectivity index (χ3v) is 2.95. The first kappa shape index (κ1) is 13.2. The van der Waals surface area contributed by atoms with Crippen LogP contribution in [0.5, 0.6) is 0 Å². The van der Waals surface area contributed by atoms with E-state index in [1.165, 1.54) is 0 Å². The van der Waals surface area contributed by atoms with Gasteiger partial charge in [-0.1, -0.05) is 18.6 Å². The number of hydrogen-bond donors (Lipinski definition) is 1. The van der Waals surface area contributed by atoms with Gasteiger partial charge in [-0.25, -0.2) is 0 Å². The SMILES string of the molecule is CC(C)(C)OC(=O)C1(C/C=C/CN)CCC1. The summed E-state index contributed by atoms with van der Waals surface area (Å²) in [6, 6.07) is 0. The van der Waals surface area contributed by atoms with Gasteiger partial charge in [-0.3, -0.25) is 4.79 Å². The molecule has 1 rings (SSSR count). The second-order valence-corrected chi connectivity index (χ2v) is 5.55. The molecule has 16 heavy (non-hydrogen) atoms. The number of rotatable bonds is 4. The molecule has 2 N–H and O–H groups in total. The maximum Gasteiger partial charge on any atom is 0.312 e. The van der Waals surface area contributed by atoms with Crippen LogP contribution >= 0.6 is 0 Å². The summed E-state index contributed by atoms with van der Waals surface area (Å²) in [6.45, 7) is 6.26. The Morgan fingerprint density at radius 2 is 2.00 bits per heavy atom. The minimum atomic E-state index is -0.392. The van der Waals surface area contributed by atoms with Crippen LogP contribution in [0.3, 0.4) is 0 Å². The van der Waals surface area contributed by atoms with Crippen LogP contribution in [-0.2, 0) is 9.53 Å². The Morgan fingerprint density at radius 3 is 2.38 bits per heavy atom. The van der Waals surface area contributed by atoms with Crippen LogP contribution in [-0.4, -0.2) is 18.1 Å². The van der Waals surface area contributed by atoms with Gasteiger partial charge >= 0.3 is 5.97 Å². The molecule has 0 aliphatic heterocycles. The van der Waals surface area contributed by atoms with Crippen molar-refractivity contribution in [3.63, 3.8) is 0 Å². The summed E-state index contributed by atoms with van der Waals surface area (Å²) >= 11 is 0. The molecular formula is C13H23NO2. The van der Waals surface area contributed by atoms with E-state index in [1.807, 2.05) is 32.9 Å². The first-order chi connectivity index (χ1) is 7.40. The molecule has 0 aromatic heterocycles. The van der Waals surface area contributed by atoms with E-state index in [9.17, 15) is 4.79 Å². The van der Waals surface area contributed by atoms with Crippen molar-refractivity contribution in [2.75, 3.05) is 6.54 Å². The van der Waals surface area contributed by atoms with Gasteiger partial charge in [0.05, 0.1) is 5.41 Å². The van der Waals surface area contributed by atoms with E-state index in [0.29, 0.717) is 6.54 Å². The monoisotopic (exact) mass is 225 g/mol. The number of nitrogens with two attached hydrogens (primary N) is 1. The van der Waals surface area contributed by atoms with Crippen molar-refractivity contribution >= 4 is 5.97 Å². The van der Waals surface area contributed by atoms with Crippen LogP contribution in [0.2, 0.25) is 0 Å². The molecule has 1 saturated carbocycles. The second-order valence-electron chi connectivity index (χ2n) is 5.55. The van der Waals surface area contributed by atoms with Gasteiger partial charge in [0.1, 0.15) is 5.60 Å².